The highest BCUT2D eigenvalue weighted by atomic mass is 32.1. The lowest BCUT2D eigenvalue weighted by atomic mass is 9.88. The lowest BCUT2D eigenvalue weighted by Crippen LogP contribution is -2.48. The SMILES string of the molecule is N/C(=N/OCC1(CO)COC1)c1cccs1. The summed E-state index contributed by atoms with van der Waals surface area (Å²) in [4.78, 5) is 6.02. The lowest BCUT2D eigenvalue weighted by molar-refractivity contribution is -0.168. The van der Waals surface area contributed by atoms with Gasteiger partial charge < -0.3 is 20.4 Å². The van der Waals surface area contributed by atoms with E-state index in [-0.39, 0.29) is 12.0 Å². The Balaban J connectivity index is 1.85. The Morgan fingerprint density at radius 3 is 3.00 bits per heavy atom. The second-order valence-electron chi connectivity index (χ2n) is 3.88. The minimum atomic E-state index is -0.292. The Labute approximate surface area is 97.5 Å². The van der Waals surface area contributed by atoms with E-state index in [1.54, 1.807) is 0 Å². The summed E-state index contributed by atoms with van der Waals surface area (Å²) in [7, 11) is 0. The van der Waals surface area contributed by atoms with Crippen LogP contribution in [0.15, 0.2) is 22.7 Å². The molecule has 1 aliphatic heterocycles. The quantitative estimate of drug-likeness (QED) is 0.445. The van der Waals surface area contributed by atoms with E-state index >= 15 is 0 Å². The van der Waals surface area contributed by atoms with Gasteiger partial charge >= 0.3 is 0 Å². The van der Waals surface area contributed by atoms with Gasteiger partial charge in [-0.25, -0.2) is 0 Å². The number of nitrogens with zero attached hydrogens (tertiary/aromatic N) is 1. The number of oxime groups is 1. The highest BCUT2D eigenvalue weighted by molar-refractivity contribution is 7.12. The van der Waals surface area contributed by atoms with Crippen LogP contribution in [0.4, 0.5) is 0 Å². The molecule has 5 nitrogen and oxygen atoms in total. The van der Waals surface area contributed by atoms with Crippen LogP contribution in [-0.4, -0.2) is 37.4 Å². The molecule has 2 rings (SSSR count). The van der Waals surface area contributed by atoms with E-state index in [4.69, 9.17) is 20.4 Å². The summed E-state index contributed by atoms with van der Waals surface area (Å²) in [5.74, 6) is 0.364. The minimum Gasteiger partial charge on any atom is -0.395 e. The van der Waals surface area contributed by atoms with Gasteiger partial charge in [-0.3, -0.25) is 0 Å². The number of nitrogens with two attached hydrogens (primary N) is 1. The lowest BCUT2D eigenvalue weighted by Gasteiger charge is -2.38. The van der Waals surface area contributed by atoms with Crippen LogP contribution in [0.1, 0.15) is 4.88 Å². The molecule has 1 aromatic heterocycles. The highest BCUT2D eigenvalue weighted by Crippen LogP contribution is 2.26. The van der Waals surface area contributed by atoms with Gasteiger partial charge in [0.05, 0.1) is 30.1 Å². The van der Waals surface area contributed by atoms with Gasteiger partial charge in [-0.15, -0.1) is 11.3 Å². The molecule has 1 saturated heterocycles. The predicted octanol–water partition coefficient (Wildman–Crippen LogP) is 0.394. The van der Waals surface area contributed by atoms with Crippen molar-refractivity contribution in [2.45, 2.75) is 0 Å². The normalized spacial score (nSPS) is 19.2. The molecule has 0 saturated carbocycles. The van der Waals surface area contributed by atoms with Gasteiger partial charge in [-0.2, -0.15) is 0 Å². The summed E-state index contributed by atoms with van der Waals surface area (Å²) in [6.07, 6.45) is 0. The van der Waals surface area contributed by atoms with Crippen LogP contribution in [-0.2, 0) is 9.57 Å². The molecule has 88 valence electrons. The Hall–Kier alpha value is -1.11. The molecule has 0 unspecified atom stereocenters. The number of hydrogen-bond acceptors (Lipinski definition) is 5. The monoisotopic (exact) mass is 242 g/mol. The van der Waals surface area contributed by atoms with Crippen LogP contribution in [0.3, 0.4) is 0 Å². The van der Waals surface area contributed by atoms with Gasteiger partial charge in [0, 0.05) is 0 Å². The van der Waals surface area contributed by atoms with E-state index in [1.807, 2.05) is 17.5 Å². The van der Waals surface area contributed by atoms with E-state index in [9.17, 15) is 0 Å². The molecule has 0 aliphatic carbocycles. The average molecular weight is 242 g/mol. The smallest absolute Gasteiger partial charge is 0.180 e. The molecule has 0 bridgehead atoms. The molecule has 3 N–H and O–H groups in total. The fourth-order valence-corrected chi connectivity index (χ4v) is 1.94. The van der Waals surface area contributed by atoms with Crippen LogP contribution in [0.2, 0.25) is 0 Å². The Bertz CT molecular complexity index is 355. The Kier molecular flexibility index (Phi) is 3.42. The number of aliphatic hydroxyl groups is 1. The summed E-state index contributed by atoms with van der Waals surface area (Å²) < 4.78 is 5.04. The molecule has 1 aliphatic rings. The Morgan fingerprint density at radius 1 is 1.69 bits per heavy atom. The molecular formula is C10H14N2O3S. The molecule has 16 heavy (non-hydrogen) atoms. The number of ether oxygens (including phenoxy) is 1. The fraction of sp³-hybridized carbons (Fsp3) is 0.500. The zero-order chi connectivity index (χ0) is 11.4. The second kappa shape index (κ2) is 4.82. The standard InChI is InChI=1S/C10H14N2O3S/c11-9(8-2-1-3-16-8)12-15-7-10(4-13)5-14-6-10/h1-3,13H,4-7H2,(H2,11,12). The molecule has 6 heteroatoms. The molecule has 0 radical (unpaired) electrons. The van der Waals surface area contributed by atoms with E-state index in [1.165, 1.54) is 11.3 Å². The van der Waals surface area contributed by atoms with Crippen molar-refractivity contribution in [3.05, 3.63) is 22.4 Å². The first-order valence-electron chi connectivity index (χ1n) is 4.94. The summed E-state index contributed by atoms with van der Waals surface area (Å²) in [6.45, 7) is 1.40. The van der Waals surface area contributed by atoms with E-state index < -0.39 is 0 Å². The molecule has 0 spiro atoms. The van der Waals surface area contributed by atoms with Gasteiger partial charge in [-0.05, 0) is 11.4 Å². The van der Waals surface area contributed by atoms with Crippen LogP contribution >= 0.6 is 11.3 Å². The van der Waals surface area contributed by atoms with Crippen molar-refractivity contribution in [3.8, 4) is 0 Å². The highest BCUT2D eigenvalue weighted by Gasteiger charge is 2.39. The molecule has 0 atom stereocenters. The van der Waals surface area contributed by atoms with Gasteiger partial charge in [0.2, 0.25) is 0 Å². The number of thiophene rings is 1. The molecule has 2 heterocycles. The zero-order valence-electron chi connectivity index (χ0n) is 8.76. The minimum absolute atomic E-state index is 0.0431. The maximum absolute atomic E-state index is 9.15. The number of hydrogen-bond donors (Lipinski definition) is 2. The topological polar surface area (TPSA) is 77.1 Å². The van der Waals surface area contributed by atoms with E-state index in [0.717, 1.165) is 4.88 Å². The van der Waals surface area contributed by atoms with Crippen molar-refractivity contribution < 1.29 is 14.7 Å². The summed E-state index contributed by atoms with van der Waals surface area (Å²) >= 11 is 1.50. The van der Waals surface area contributed by atoms with Crippen molar-refractivity contribution in [1.29, 1.82) is 0 Å². The maximum Gasteiger partial charge on any atom is 0.180 e. The van der Waals surface area contributed by atoms with Gasteiger partial charge in [0.1, 0.15) is 6.61 Å². The fourth-order valence-electron chi connectivity index (χ4n) is 1.32. The van der Waals surface area contributed by atoms with Crippen molar-refractivity contribution in [2.75, 3.05) is 26.4 Å². The van der Waals surface area contributed by atoms with Crippen molar-refractivity contribution >= 4 is 17.2 Å². The van der Waals surface area contributed by atoms with Gasteiger partial charge in [0.25, 0.3) is 0 Å². The summed E-state index contributed by atoms with van der Waals surface area (Å²) in [5.41, 5.74) is 5.42. The predicted molar refractivity (Wildman–Crippen MR) is 61.3 cm³/mol. The molecule has 0 amide bonds. The van der Waals surface area contributed by atoms with Crippen molar-refractivity contribution in [3.63, 3.8) is 0 Å². The molecule has 0 aromatic carbocycles. The average Bonchev–Trinajstić information content (AvgIpc) is 2.75. The van der Waals surface area contributed by atoms with Gasteiger partial charge in [0.15, 0.2) is 5.84 Å². The van der Waals surface area contributed by atoms with E-state index in [0.29, 0.717) is 25.7 Å². The maximum atomic E-state index is 9.15. The van der Waals surface area contributed by atoms with Crippen LogP contribution in [0.25, 0.3) is 0 Å². The van der Waals surface area contributed by atoms with Crippen LogP contribution < -0.4 is 5.73 Å². The van der Waals surface area contributed by atoms with Crippen LogP contribution in [0.5, 0.6) is 0 Å². The summed E-state index contributed by atoms with van der Waals surface area (Å²) in [5, 5.41) is 14.9. The second-order valence-corrected chi connectivity index (χ2v) is 4.83. The van der Waals surface area contributed by atoms with Crippen LogP contribution in [0, 0.1) is 5.41 Å². The Morgan fingerprint density at radius 2 is 2.50 bits per heavy atom. The first-order chi connectivity index (χ1) is 7.76. The van der Waals surface area contributed by atoms with E-state index in [2.05, 4.69) is 5.16 Å². The van der Waals surface area contributed by atoms with Gasteiger partial charge in [-0.1, -0.05) is 11.2 Å². The summed E-state index contributed by atoms with van der Waals surface area (Å²) in [6, 6.07) is 3.78. The number of amidine groups is 1. The third-order valence-electron chi connectivity index (χ3n) is 2.46. The first-order valence-corrected chi connectivity index (χ1v) is 5.82. The number of aliphatic hydroxyl groups excluding tert-OH is 1. The third-order valence-corrected chi connectivity index (χ3v) is 3.35. The van der Waals surface area contributed by atoms with Crippen molar-refractivity contribution in [2.24, 2.45) is 16.3 Å². The number of rotatable bonds is 5. The van der Waals surface area contributed by atoms with Crippen molar-refractivity contribution in [1.82, 2.24) is 0 Å². The zero-order valence-corrected chi connectivity index (χ0v) is 9.57. The molecular weight excluding hydrogens is 228 g/mol. The first kappa shape index (κ1) is 11.4. The third kappa shape index (κ3) is 2.34. The largest absolute Gasteiger partial charge is 0.395 e. The molecule has 1 fully saturated rings. The molecule has 1 aromatic rings.